The first kappa shape index (κ1) is 8.24. The highest BCUT2D eigenvalue weighted by molar-refractivity contribution is 5.77. The van der Waals surface area contributed by atoms with Crippen LogP contribution in [0.4, 0.5) is 0 Å². The molecule has 1 aliphatic heterocycles. The molecule has 0 saturated carbocycles. The average Bonchev–Trinajstić information content (AvgIpc) is 2.04. The van der Waals surface area contributed by atoms with Gasteiger partial charge in [0.15, 0.2) is 0 Å². The summed E-state index contributed by atoms with van der Waals surface area (Å²) in [4.78, 5) is 23.1. The van der Waals surface area contributed by atoms with Crippen LogP contribution in [-0.4, -0.2) is 29.7 Å². The second kappa shape index (κ2) is 3.51. The number of amides is 1. The van der Waals surface area contributed by atoms with Crippen LogP contribution in [0.1, 0.15) is 26.2 Å². The molecule has 0 N–H and O–H groups in total. The van der Waals surface area contributed by atoms with Gasteiger partial charge in [-0.1, -0.05) is 0 Å². The van der Waals surface area contributed by atoms with Gasteiger partial charge in [-0.3, -0.25) is 4.79 Å². The fourth-order valence-electron chi connectivity index (χ4n) is 1.49. The van der Waals surface area contributed by atoms with Crippen LogP contribution in [0.2, 0.25) is 0 Å². The first-order chi connectivity index (χ1) is 5.25. The minimum absolute atomic E-state index is 0.0156. The minimum atomic E-state index is -0.152. The van der Waals surface area contributed by atoms with Crippen molar-refractivity contribution in [1.82, 2.24) is 4.90 Å². The Hall–Kier alpha value is -0.860. The molecule has 0 aliphatic carbocycles. The van der Waals surface area contributed by atoms with Crippen molar-refractivity contribution in [3.8, 4) is 0 Å². The number of aldehydes is 1. The summed E-state index contributed by atoms with van der Waals surface area (Å²) in [5, 5.41) is 0. The maximum Gasteiger partial charge on any atom is 0.220 e. The molecule has 11 heavy (non-hydrogen) atoms. The predicted molar refractivity (Wildman–Crippen MR) is 41.1 cm³/mol. The molecule has 0 aromatic heterocycles. The summed E-state index contributed by atoms with van der Waals surface area (Å²) in [5.74, 6) is 0.0156. The number of piperidine rings is 1. The van der Waals surface area contributed by atoms with Crippen LogP contribution < -0.4 is 0 Å². The number of hydrogen-bond acceptors (Lipinski definition) is 2. The molecule has 1 heterocycles. The van der Waals surface area contributed by atoms with Crippen molar-refractivity contribution in [1.29, 1.82) is 0 Å². The van der Waals surface area contributed by atoms with Crippen LogP contribution >= 0.6 is 0 Å². The average molecular weight is 155 g/mol. The quantitative estimate of drug-likeness (QED) is 0.519. The highest BCUT2D eigenvalue weighted by atomic mass is 16.2. The Morgan fingerprint density at radius 2 is 2.27 bits per heavy atom. The summed E-state index contributed by atoms with van der Waals surface area (Å²) in [7, 11) is 0. The van der Waals surface area contributed by atoms with E-state index in [4.69, 9.17) is 0 Å². The molecule has 3 heteroatoms. The second-order valence-electron chi connectivity index (χ2n) is 2.91. The second-order valence-corrected chi connectivity index (χ2v) is 2.91. The van der Waals surface area contributed by atoms with Gasteiger partial charge in [0.05, 0.1) is 6.04 Å². The Labute approximate surface area is 66.4 Å². The van der Waals surface area contributed by atoms with Crippen molar-refractivity contribution in [2.75, 3.05) is 6.54 Å². The summed E-state index contributed by atoms with van der Waals surface area (Å²) in [6, 6.07) is -0.152. The third kappa shape index (κ3) is 1.79. The highest BCUT2D eigenvalue weighted by Crippen LogP contribution is 2.14. The molecular weight excluding hydrogens is 142 g/mol. The van der Waals surface area contributed by atoms with E-state index in [0.29, 0.717) is 0 Å². The summed E-state index contributed by atoms with van der Waals surface area (Å²) in [5.41, 5.74) is 0. The molecule has 0 aromatic rings. The monoisotopic (exact) mass is 155 g/mol. The van der Waals surface area contributed by atoms with Crippen LogP contribution in [0.5, 0.6) is 0 Å². The van der Waals surface area contributed by atoms with E-state index in [2.05, 4.69) is 0 Å². The molecule has 1 fully saturated rings. The van der Waals surface area contributed by atoms with Crippen LogP contribution in [0.25, 0.3) is 0 Å². The van der Waals surface area contributed by atoms with Gasteiger partial charge in [-0.15, -0.1) is 0 Å². The third-order valence-corrected chi connectivity index (χ3v) is 2.11. The molecule has 0 radical (unpaired) electrons. The van der Waals surface area contributed by atoms with Gasteiger partial charge >= 0.3 is 0 Å². The smallest absolute Gasteiger partial charge is 0.220 e. The van der Waals surface area contributed by atoms with Gasteiger partial charge in [0.1, 0.15) is 6.29 Å². The zero-order chi connectivity index (χ0) is 8.27. The van der Waals surface area contributed by atoms with Gasteiger partial charge < -0.3 is 9.69 Å². The van der Waals surface area contributed by atoms with Gasteiger partial charge in [-0.05, 0) is 19.3 Å². The third-order valence-electron chi connectivity index (χ3n) is 2.11. The Balaban J connectivity index is 2.58. The predicted octanol–water partition coefficient (Wildman–Crippen LogP) is 0.586. The van der Waals surface area contributed by atoms with E-state index >= 15 is 0 Å². The molecule has 1 rings (SSSR count). The number of likely N-dealkylation sites (tertiary alicyclic amines) is 1. The molecule has 0 bridgehead atoms. The molecule has 3 nitrogen and oxygen atoms in total. The van der Waals surface area contributed by atoms with Crippen molar-refractivity contribution >= 4 is 12.2 Å². The molecular formula is C8H13NO2. The molecule has 1 atom stereocenters. The van der Waals surface area contributed by atoms with E-state index in [9.17, 15) is 9.59 Å². The lowest BCUT2D eigenvalue weighted by Crippen LogP contribution is -2.43. The molecule has 1 saturated heterocycles. The van der Waals surface area contributed by atoms with Crippen LogP contribution in [-0.2, 0) is 9.59 Å². The van der Waals surface area contributed by atoms with Crippen LogP contribution in [0.3, 0.4) is 0 Å². The maximum absolute atomic E-state index is 10.9. The summed E-state index contributed by atoms with van der Waals surface area (Å²) < 4.78 is 0. The van der Waals surface area contributed by atoms with Crippen molar-refractivity contribution in [3.63, 3.8) is 0 Å². The molecule has 0 aromatic carbocycles. The highest BCUT2D eigenvalue weighted by Gasteiger charge is 2.22. The van der Waals surface area contributed by atoms with Crippen LogP contribution in [0.15, 0.2) is 0 Å². The lowest BCUT2D eigenvalue weighted by molar-refractivity contribution is -0.135. The maximum atomic E-state index is 10.9. The van der Waals surface area contributed by atoms with Gasteiger partial charge in [0.2, 0.25) is 5.91 Å². The van der Waals surface area contributed by atoms with Gasteiger partial charge in [-0.25, -0.2) is 0 Å². The lowest BCUT2D eigenvalue weighted by Gasteiger charge is -2.31. The fraction of sp³-hybridized carbons (Fsp3) is 0.750. The minimum Gasteiger partial charge on any atom is -0.333 e. The Kier molecular flexibility index (Phi) is 2.63. The Morgan fingerprint density at radius 1 is 1.55 bits per heavy atom. The molecule has 1 aliphatic rings. The van der Waals surface area contributed by atoms with Crippen molar-refractivity contribution in [2.24, 2.45) is 0 Å². The van der Waals surface area contributed by atoms with Gasteiger partial charge in [0.25, 0.3) is 0 Å². The number of carbonyl (C=O) groups is 2. The molecule has 1 amide bonds. The van der Waals surface area contributed by atoms with Gasteiger partial charge in [-0.2, -0.15) is 0 Å². The normalized spacial score (nSPS) is 24.8. The first-order valence-corrected chi connectivity index (χ1v) is 3.98. The van der Waals surface area contributed by atoms with Crippen molar-refractivity contribution in [2.45, 2.75) is 32.2 Å². The Bertz CT molecular complexity index is 167. The largest absolute Gasteiger partial charge is 0.333 e. The van der Waals surface area contributed by atoms with E-state index in [0.717, 1.165) is 32.1 Å². The zero-order valence-electron chi connectivity index (χ0n) is 6.75. The standard InChI is InChI=1S/C8H13NO2/c1-7(11)9-5-3-2-4-8(9)6-10/h6,8H,2-5H2,1H3/t8-/m1/s1. The number of carbonyl (C=O) groups excluding carboxylic acids is 2. The van der Waals surface area contributed by atoms with Crippen LogP contribution in [0, 0.1) is 0 Å². The first-order valence-electron chi connectivity index (χ1n) is 3.98. The number of rotatable bonds is 1. The molecule has 0 spiro atoms. The Morgan fingerprint density at radius 3 is 2.73 bits per heavy atom. The van der Waals surface area contributed by atoms with E-state index in [1.807, 2.05) is 0 Å². The van der Waals surface area contributed by atoms with Crippen molar-refractivity contribution < 1.29 is 9.59 Å². The molecule has 0 unspecified atom stereocenters. The lowest BCUT2D eigenvalue weighted by atomic mass is 10.0. The van der Waals surface area contributed by atoms with E-state index in [-0.39, 0.29) is 11.9 Å². The van der Waals surface area contributed by atoms with Crippen molar-refractivity contribution in [3.05, 3.63) is 0 Å². The number of hydrogen-bond donors (Lipinski definition) is 0. The SMILES string of the molecule is CC(=O)N1CCCC[C@@H]1C=O. The fourth-order valence-corrected chi connectivity index (χ4v) is 1.49. The molecule has 62 valence electrons. The summed E-state index contributed by atoms with van der Waals surface area (Å²) in [6.07, 6.45) is 3.81. The summed E-state index contributed by atoms with van der Waals surface area (Å²) in [6.45, 7) is 2.26. The topological polar surface area (TPSA) is 37.4 Å². The summed E-state index contributed by atoms with van der Waals surface area (Å²) >= 11 is 0. The van der Waals surface area contributed by atoms with Gasteiger partial charge in [0, 0.05) is 13.5 Å². The van der Waals surface area contributed by atoms with E-state index < -0.39 is 0 Å². The van der Waals surface area contributed by atoms with E-state index in [1.54, 1.807) is 4.90 Å². The number of nitrogens with zero attached hydrogens (tertiary/aromatic N) is 1. The van der Waals surface area contributed by atoms with E-state index in [1.165, 1.54) is 6.92 Å². The zero-order valence-corrected chi connectivity index (χ0v) is 6.75.